The summed E-state index contributed by atoms with van der Waals surface area (Å²) in [7, 11) is 1.65. The zero-order chi connectivity index (χ0) is 16.7. The van der Waals surface area contributed by atoms with Crippen molar-refractivity contribution in [2.75, 3.05) is 20.2 Å². The molecule has 2 aromatic rings. The predicted octanol–water partition coefficient (Wildman–Crippen LogP) is 4.40. The molecule has 1 saturated carbocycles. The van der Waals surface area contributed by atoms with Crippen molar-refractivity contribution < 1.29 is 13.9 Å². The van der Waals surface area contributed by atoms with Crippen LogP contribution in [0.5, 0.6) is 5.75 Å². The number of nitrogens with zero attached hydrogens (tertiary/aromatic N) is 1. The van der Waals surface area contributed by atoms with E-state index in [1.54, 1.807) is 7.11 Å². The van der Waals surface area contributed by atoms with E-state index in [9.17, 15) is 4.79 Å². The van der Waals surface area contributed by atoms with Gasteiger partial charge in [0, 0.05) is 24.0 Å². The van der Waals surface area contributed by atoms with Crippen LogP contribution >= 0.6 is 0 Å². The van der Waals surface area contributed by atoms with Gasteiger partial charge in [-0.15, -0.1) is 0 Å². The summed E-state index contributed by atoms with van der Waals surface area (Å²) in [4.78, 5) is 15.0. The highest BCUT2D eigenvalue weighted by Crippen LogP contribution is 2.37. The van der Waals surface area contributed by atoms with Crippen LogP contribution in [0.3, 0.4) is 0 Å². The Labute approximate surface area is 142 Å². The number of methoxy groups -OCH3 is 1. The number of furan rings is 1. The zero-order valence-electron chi connectivity index (χ0n) is 14.5. The van der Waals surface area contributed by atoms with Gasteiger partial charge < -0.3 is 14.1 Å². The Hall–Kier alpha value is -1.97. The van der Waals surface area contributed by atoms with Gasteiger partial charge in [-0.2, -0.15) is 0 Å². The van der Waals surface area contributed by atoms with E-state index in [-0.39, 0.29) is 5.91 Å². The molecule has 4 nitrogen and oxygen atoms in total. The van der Waals surface area contributed by atoms with E-state index in [1.807, 2.05) is 30.0 Å². The molecule has 4 heteroatoms. The van der Waals surface area contributed by atoms with E-state index in [1.165, 1.54) is 25.7 Å². The van der Waals surface area contributed by atoms with Gasteiger partial charge in [0.1, 0.15) is 11.3 Å². The minimum absolute atomic E-state index is 0.0479. The van der Waals surface area contributed by atoms with Crippen LogP contribution in [-0.2, 0) is 0 Å². The molecule has 2 heterocycles. The second kappa shape index (κ2) is 6.15. The van der Waals surface area contributed by atoms with Crippen LogP contribution in [0.4, 0.5) is 0 Å². The lowest BCUT2D eigenvalue weighted by Gasteiger charge is -2.41. The fourth-order valence-corrected chi connectivity index (χ4v) is 4.46. The molecule has 1 amide bonds. The van der Waals surface area contributed by atoms with Crippen molar-refractivity contribution >= 4 is 16.9 Å². The van der Waals surface area contributed by atoms with E-state index in [4.69, 9.17) is 9.15 Å². The monoisotopic (exact) mass is 327 g/mol. The number of carbonyl (C=O) groups excluding carboxylic acids is 1. The summed E-state index contributed by atoms with van der Waals surface area (Å²) in [6.07, 6.45) is 6.43. The Kier molecular flexibility index (Phi) is 3.99. The Morgan fingerprint density at radius 3 is 2.79 bits per heavy atom. The number of hydrogen-bond acceptors (Lipinski definition) is 3. The van der Waals surface area contributed by atoms with Crippen molar-refractivity contribution in [2.24, 2.45) is 11.8 Å². The van der Waals surface area contributed by atoms with Gasteiger partial charge in [-0.05, 0) is 49.8 Å². The molecule has 0 bridgehead atoms. The largest absolute Gasteiger partial charge is 0.497 e. The van der Waals surface area contributed by atoms with Crippen molar-refractivity contribution in [1.82, 2.24) is 4.90 Å². The molecule has 1 saturated heterocycles. The number of benzene rings is 1. The average molecular weight is 327 g/mol. The smallest absolute Gasteiger partial charge is 0.289 e. The SMILES string of the molecule is COc1ccc2oc(C(=O)N3CC[C@@H]4CCCC[C@H]4C3)c(C)c2c1. The minimum Gasteiger partial charge on any atom is -0.497 e. The van der Waals surface area contributed by atoms with Gasteiger partial charge in [-0.1, -0.05) is 19.3 Å². The molecule has 0 radical (unpaired) electrons. The highest BCUT2D eigenvalue weighted by Gasteiger charge is 2.34. The van der Waals surface area contributed by atoms with Crippen LogP contribution in [0.2, 0.25) is 0 Å². The van der Waals surface area contributed by atoms with Gasteiger partial charge in [-0.3, -0.25) is 4.79 Å². The van der Waals surface area contributed by atoms with Crippen LogP contribution in [0.15, 0.2) is 22.6 Å². The third-order valence-electron chi connectivity index (χ3n) is 5.92. The first-order chi connectivity index (χ1) is 11.7. The molecule has 1 aliphatic heterocycles. The van der Waals surface area contributed by atoms with Gasteiger partial charge in [0.2, 0.25) is 0 Å². The first kappa shape index (κ1) is 15.6. The highest BCUT2D eigenvalue weighted by atomic mass is 16.5. The van der Waals surface area contributed by atoms with Crippen molar-refractivity contribution in [3.05, 3.63) is 29.5 Å². The summed E-state index contributed by atoms with van der Waals surface area (Å²) in [5.74, 6) is 2.83. The van der Waals surface area contributed by atoms with Gasteiger partial charge in [0.15, 0.2) is 5.76 Å². The van der Waals surface area contributed by atoms with Crippen molar-refractivity contribution in [1.29, 1.82) is 0 Å². The number of fused-ring (bicyclic) bond motifs is 2. The van der Waals surface area contributed by atoms with E-state index < -0.39 is 0 Å². The Morgan fingerprint density at radius 2 is 2.00 bits per heavy atom. The number of hydrogen-bond donors (Lipinski definition) is 0. The summed E-state index contributed by atoms with van der Waals surface area (Å²) in [5.41, 5.74) is 1.67. The number of likely N-dealkylation sites (tertiary alicyclic amines) is 1. The molecule has 0 spiro atoms. The van der Waals surface area contributed by atoms with E-state index in [2.05, 4.69) is 0 Å². The van der Waals surface area contributed by atoms with Crippen LogP contribution in [0, 0.1) is 18.8 Å². The van der Waals surface area contributed by atoms with E-state index >= 15 is 0 Å². The fraction of sp³-hybridized carbons (Fsp3) is 0.550. The molecule has 1 aliphatic carbocycles. The number of carbonyl (C=O) groups is 1. The zero-order valence-corrected chi connectivity index (χ0v) is 14.5. The maximum absolute atomic E-state index is 13.0. The molecule has 0 N–H and O–H groups in total. The molecular formula is C20H25NO3. The van der Waals surface area contributed by atoms with Crippen LogP contribution in [-0.4, -0.2) is 31.0 Å². The molecule has 1 aromatic carbocycles. The molecule has 2 aliphatic rings. The minimum atomic E-state index is 0.0479. The lowest BCUT2D eigenvalue weighted by atomic mass is 9.75. The lowest BCUT2D eigenvalue weighted by molar-refractivity contribution is 0.0493. The van der Waals surface area contributed by atoms with Gasteiger partial charge in [-0.25, -0.2) is 0 Å². The lowest BCUT2D eigenvalue weighted by Crippen LogP contribution is -2.44. The molecule has 24 heavy (non-hydrogen) atoms. The summed E-state index contributed by atoms with van der Waals surface area (Å²) >= 11 is 0. The number of ether oxygens (including phenoxy) is 1. The van der Waals surface area contributed by atoms with Crippen molar-refractivity contribution in [3.63, 3.8) is 0 Å². The van der Waals surface area contributed by atoms with Gasteiger partial charge in [0.05, 0.1) is 7.11 Å². The van der Waals surface area contributed by atoms with Crippen LogP contribution in [0.25, 0.3) is 11.0 Å². The Bertz CT molecular complexity index is 764. The Balaban J connectivity index is 1.60. The van der Waals surface area contributed by atoms with Gasteiger partial charge in [0.25, 0.3) is 5.91 Å². The molecule has 128 valence electrons. The third-order valence-corrected chi connectivity index (χ3v) is 5.92. The first-order valence-electron chi connectivity index (χ1n) is 9.04. The quantitative estimate of drug-likeness (QED) is 0.821. The third kappa shape index (κ3) is 2.58. The van der Waals surface area contributed by atoms with Crippen molar-refractivity contribution in [3.8, 4) is 5.75 Å². The summed E-state index contributed by atoms with van der Waals surface area (Å²) in [6, 6.07) is 5.69. The maximum Gasteiger partial charge on any atom is 0.289 e. The normalized spacial score (nSPS) is 24.0. The standard InChI is InChI=1S/C20H25NO3/c1-13-17-11-16(23-2)7-8-18(17)24-19(13)20(22)21-10-9-14-5-3-4-6-15(14)12-21/h7-8,11,14-15H,3-6,9-10,12H2,1-2H3/t14-,15-/m0/s1. The molecule has 1 aromatic heterocycles. The number of piperidine rings is 1. The van der Waals surface area contributed by atoms with Crippen molar-refractivity contribution in [2.45, 2.75) is 39.0 Å². The second-order valence-electron chi connectivity index (χ2n) is 7.26. The Morgan fingerprint density at radius 1 is 1.21 bits per heavy atom. The molecule has 2 fully saturated rings. The predicted molar refractivity (Wildman–Crippen MR) is 93.5 cm³/mol. The highest BCUT2D eigenvalue weighted by molar-refractivity contribution is 5.99. The second-order valence-corrected chi connectivity index (χ2v) is 7.26. The number of aryl methyl sites for hydroxylation is 1. The van der Waals surface area contributed by atoms with Crippen LogP contribution in [0.1, 0.15) is 48.2 Å². The average Bonchev–Trinajstić information content (AvgIpc) is 2.96. The summed E-state index contributed by atoms with van der Waals surface area (Å²) in [5, 5.41) is 0.963. The molecular weight excluding hydrogens is 302 g/mol. The summed E-state index contributed by atoms with van der Waals surface area (Å²) in [6.45, 7) is 3.72. The summed E-state index contributed by atoms with van der Waals surface area (Å²) < 4.78 is 11.2. The maximum atomic E-state index is 13.0. The van der Waals surface area contributed by atoms with E-state index in [0.717, 1.165) is 47.7 Å². The molecule has 4 rings (SSSR count). The number of rotatable bonds is 2. The molecule has 0 unspecified atom stereocenters. The van der Waals surface area contributed by atoms with Crippen LogP contribution < -0.4 is 4.74 Å². The first-order valence-corrected chi connectivity index (χ1v) is 9.04. The fourth-order valence-electron chi connectivity index (χ4n) is 4.46. The van der Waals surface area contributed by atoms with Gasteiger partial charge >= 0.3 is 0 Å². The van der Waals surface area contributed by atoms with E-state index in [0.29, 0.717) is 11.7 Å². The topological polar surface area (TPSA) is 42.7 Å². The molecule has 2 atom stereocenters. The number of amides is 1.